The van der Waals surface area contributed by atoms with Gasteiger partial charge in [0, 0.05) is 68.6 Å². The molecule has 11 heteroatoms. The van der Waals surface area contributed by atoms with E-state index in [1.54, 1.807) is 51.6 Å². The summed E-state index contributed by atoms with van der Waals surface area (Å²) >= 11 is 0. The van der Waals surface area contributed by atoms with Crippen LogP contribution in [0.3, 0.4) is 0 Å². The van der Waals surface area contributed by atoms with Crippen LogP contribution in [0.1, 0.15) is 29.9 Å². The Kier molecular flexibility index (Phi) is 8.95. The number of nitrogens with one attached hydrogen (secondary N) is 1. The highest BCUT2D eigenvalue weighted by atomic mass is 16.5. The van der Waals surface area contributed by atoms with Gasteiger partial charge >= 0.3 is 0 Å². The number of benzene rings is 1. The highest BCUT2D eigenvalue weighted by Gasteiger charge is 2.23. The predicted molar refractivity (Wildman–Crippen MR) is 170 cm³/mol. The van der Waals surface area contributed by atoms with Crippen LogP contribution in [0.25, 0.3) is 22.3 Å². The van der Waals surface area contributed by atoms with Crippen LogP contribution in [-0.4, -0.2) is 106 Å². The largest absolute Gasteiger partial charge is 0.496 e. The number of carbonyl (C=O) groups excluding carboxylic acids is 1. The third kappa shape index (κ3) is 7.30. The molecule has 43 heavy (non-hydrogen) atoms. The van der Waals surface area contributed by atoms with Gasteiger partial charge in [-0.1, -0.05) is 0 Å². The van der Waals surface area contributed by atoms with Gasteiger partial charge < -0.3 is 24.2 Å². The Morgan fingerprint density at radius 3 is 2.56 bits per heavy atom. The van der Waals surface area contributed by atoms with Crippen molar-refractivity contribution in [2.75, 3.05) is 70.7 Å². The first kappa shape index (κ1) is 30.4. The molecule has 0 aliphatic carbocycles. The molecule has 3 aromatic heterocycles. The molecule has 228 valence electrons. The second kappa shape index (κ2) is 12.7. The fraction of sp³-hybridized carbons (Fsp3) is 0.438. The van der Waals surface area contributed by atoms with E-state index in [-0.39, 0.29) is 12.5 Å². The van der Waals surface area contributed by atoms with Gasteiger partial charge in [0.15, 0.2) is 0 Å². The van der Waals surface area contributed by atoms with E-state index < -0.39 is 5.60 Å². The van der Waals surface area contributed by atoms with Crippen LogP contribution < -0.4 is 15.0 Å². The standard InChI is InChI=1S/C32H42N8O3/c1-22-17-23(18-27(34-22)25-20-33-10-9-29(25)43-6)30(41)36-31-35-26-8-7-24(19-28(26)40(31)21-32(2,3)42)39-15-13-38(14-16-39)12-11-37(4)5/h7-10,17-20,42H,11-16,21H2,1-6H3,(H,35,36,41). The lowest BCUT2D eigenvalue weighted by Crippen LogP contribution is -2.48. The lowest BCUT2D eigenvalue weighted by atomic mass is 10.1. The number of fused-ring (bicyclic) bond motifs is 1. The summed E-state index contributed by atoms with van der Waals surface area (Å²) in [6, 6.07) is 11.4. The minimum absolute atomic E-state index is 0.258. The number of piperazine rings is 1. The molecular weight excluding hydrogens is 544 g/mol. The first-order valence-corrected chi connectivity index (χ1v) is 14.6. The van der Waals surface area contributed by atoms with Gasteiger partial charge in [-0.2, -0.15) is 0 Å². The van der Waals surface area contributed by atoms with Crippen molar-refractivity contribution < 1.29 is 14.6 Å². The van der Waals surface area contributed by atoms with E-state index >= 15 is 0 Å². The zero-order chi connectivity index (χ0) is 30.7. The highest BCUT2D eigenvalue weighted by Crippen LogP contribution is 2.30. The maximum Gasteiger partial charge on any atom is 0.258 e. The maximum absolute atomic E-state index is 13.6. The molecule has 0 bridgehead atoms. The number of likely N-dealkylation sites (N-methyl/N-ethyl adjacent to an activating group) is 1. The number of hydrogen-bond donors (Lipinski definition) is 2. The van der Waals surface area contributed by atoms with Gasteiger partial charge in [0.25, 0.3) is 5.91 Å². The summed E-state index contributed by atoms with van der Waals surface area (Å²) in [7, 11) is 5.80. The van der Waals surface area contributed by atoms with Crippen LogP contribution in [-0.2, 0) is 6.54 Å². The summed E-state index contributed by atoms with van der Waals surface area (Å²) in [5, 5.41) is 13.8. The number of nitrogens with zero attached hydrogens (tertiary/aromatic N) is 7. The van der Waals surface area contributed by atoms with Crippen molar-refractivity contribution >= 4 is 28.6 Å². The van der Waals surface area contributed by atoms with Gasteiger partial charge in [-0.15, -0.1) is 0 Å². The summed E-state index contributed by atoms with van der Waals surface area (Å²) in [6.07, 6.45) is 3.32. The molecule has 0 radical (unpaired) electrons. The summed E-state index contributed by atoms with van der Waals surface area (Å²) < 4.78 is 7.38. The van der Waals surface area contributed by atoms with Crippen LogP contribution in [0.5, 0.6) is 5.75 Å². The molecule has 5 rings (SSSR count). The number of carbonyl (C=O) groups is 1. The van der Waals surface area contributed by atoms with Crippen molar-refractivity contribution in [3.8, 4) is 17.0 Å². The monoisotopic (exact) mass is 586 g/mol. The second-order valence-corrected chi connectivity index (χ2v) is 12.1. The summed E-state index contributed by atoms with van der Waals surface area (Å²) in [5.41, 5.74) is 4.09. The average Bonchev–Trinajstić information content (AvgIpc) is 3.30. The van der Waals surface area contributed by atoms with Crippen LogP contribution >= 0.6 is 0 Å². The number of imidazole rings is 1. The van der Waals surface area contributed by atoms with E-state index in [0.717, 1.165) is 56.0 Å². The molecule has 2 N–H and O–H groups in total. The summed E-state index contributed by atoms with van der Waals surface area (Å²) in [6.45, 7) is 11.6. The Morgan fingerprint density at radius 2 is 1.86 bits per heavy atom. The fourth-order valence-electron chi connectivity index (χ4n) is 5.38. The Morgan fingerprint density at radius 1 is 1.09 bits per heavy atom. The number of anilines is 2. The molecule has 4 aromatic rings. The molecule has 0 saturated carbocycles. The topological polar surface area (TPSA) is 112 Å². The lowest BCUT2D eigenvalue weighted by Gasteiger charge is -2.36. The molecule has 11 nitrogen and oxygen atoms in total. The van der Waals surface area contributed by atoms with Gasteiger partial charge in [-0.05, 0) is 71.3 Å². The van der Waals surface area contributed by atoms with Crippen LogP contribution in [0, 0.1) is 6.92 Å². The number of aromatic nitrogens is 4. The van der Waals surface area contributed by atoms with Crippen molar-refractivity contribution in [3.05, 3.63) is 60.0 Å². The molecule has 1 aliphatic rings. The van der Waals surface area contributed by atoms with Gasteiger partial charge in [0.1, 0.15) is 5.75 Å². The molecule has 1 saturated heterocycles. The molecule has 1 fully saturated rings. The average molecular weight is 587 g/mol. The van der Waals surface area contributed by atoms with E-state index in [0.29, 0.717) is 34.2 Å². The van der Waals surface area contributed by atoms with Crippen LogP contribution in [0.2, 0.25) is 0 Å². The molecule has 4 heterocycles. The van der Waals surface area contributed by atoms with Crippen LogP contribution in [0.15, 0.2) is 48.8 Å². The van der Waals surface area contributed by atoms with Crippen molar-refractivity contribution in [2.24, 2.45) is 0 Å². The van der Waals surface area contributed by atoms with Crippen molar-refractivity contribution in [2.45, 2.75) is 32.9 Å². The first-order chi connectivity index (χ1) is 20.5. The van der Waals surface area contributed by atoms with Gasteiger partial charge in [-0.25, -0.2) is 4.98 Å². The Labute approximate surface area is 253 Å². The molecular formula is C32H42N8O3. The number of rotatable bonds is 10. The number of methoxy groups -OCH3 is 1. The van der Waals surface area contributed by atoms with Gasteiger partial charge in [-0.3, -0.25) is 25.0 Å². The molecule has 0 spiro atoms. The lowest BCUT2D eigenvalue weighted by molar-refractivity contribution is 0.0630. The third-order valence-electron chi connectivity index (χ3n) is 7.60. The fourth-order valence-corrected chi connectivity index (χ4v) is 5.38. The molecule has 1 amide bonds. The van der Waals surface area contributed by atoms with Crippen molar-refractivity contribution in [3.63, 3.8) is 0 Å². The van der Waals surface area contributed by atoms with E-state index in [4.69, 9.17) is 9.72 Å². The Hall–Kier alpha value is -4.06. The predicted octanol–water partition coefficient (Wildman–Crippen LogP) is 3.52. The molecule has 1 aromatic carbocycles. The second-order valence-electron chi connectivity index (χ2n) is 12.1. The summed E-state index contributed by atoms with van der Waals surface area (Å²) in [5.74, 6) is 0.677. The van der Waals surface area contributed by atoms with Crippen LogP contribution in [0.4, 0.5) is 11.6 Å². The molecule has 0 unspecified atom stereocenters. The SMILES string of the molecule is COc1ccncc1-c1cc(C(=O)Nc2nc3ccc(N4CCN(CCN(C)C)CC4)cc3n2CC(C)(C)O)cc(C)n1. The van der Waals surface area contributed by atoms with E-state index in [1.807, 2.05) is 17.6 Å². The zero-order valence-corrected chi connectivity index (χ0v) is 26.0. The highest BCUT2D eigenvalue weighted by molar-refractivity contribution is 6.05. The van der Waals surface area contributed by atoms with E-state index in [1.165, 1.54) is 0 Å². The minimum Gasteiger partial charge on any atom is -0.496 e. The van der Waals surface area contributed by atoms with E-state index in [9.17, 15) is 9.90 Å². The quantitative estimate of drug-likeness (QED) is 0.288. The maximum atomic E-state index is 13.6. The van der Waals surface area contributed by atoms with E-state index in [2.05, 4.69) is 56.2 Å². The Bertz CT molecular complexity index is 1590. The minimum atomic E-state index is -1.03. The number of amides is 1. The first-order valence-electron chi connectivity index (χ1n) is 14.6. The normalized spacial score (nSPS) is 14.5. The zero-order valence-electron chi connectivity index (χ0n) is 26.0. The molecule has 1 aliphatic heterocycles. The number of hydrogen-bond acceptors (Lipinski definition) is 9. The number of pyridine rings is 2. The smallest absolute Gasteiger partial charge is 0.258 e. The van der Waals surface area contributed by atoms with Crippen molar-refractivity contribution in [1.82, 2.24) is 29.3 Å². The van der Waals surface area contributed by atoms with Gasteiger partial charge in [0.2, 0.25) is 5.95 Å². The van der Waals surface area contributed by atoms with Crippen molar-refractivity contribution in [1.29, 1.82) is 0 Å². The molecule has 0 atom stereocenters. The Balaban J connectivity index is 1.42. The number of aliphatic hydroxyl groups is 1. The number of aryl methyl sites for hydroxylation is 1. The summed E-state index contributed by atoms with van der Waals surface area (Å²) in [4.78, 5) is 34.3. The third-order valence-corrected chi connectivity index (χ3v) is 7.60. The number of ether oxygens (including phenoxy) is 1. The van der Waals surface area contributed by atoms with Gasteiger partial charge in [0.05, 0.1) is 41.5 Å².